The first-order valence-corrected chi connectivity index (χ1v) is 7.17. The van der Waals surface area contributed by atoms with Crippen molar-refractivity contribution in [1.82, 2.24) is 5.32 Å². The molecule has 19 heavy (non-hydrogen) atoms. The average Bonchev–Trinajstić information content (AvgIpc) is 2.83. The predicted octanol–water partition coefficient (Wildman–Crippen LogP) is 2.35. The Hall–Kier alpha value is -1.32. The van der Waals surface area contributed by atoms with E-state index in [4.69, 9.17) is 0 Å². The summed E-state index contributed by atoms with van der Waals surface area (Å²) >= 11 is 0. The number of nitrogens with one attached hydrogen (secondary N) is 1. The summed E-state index contributed by atoms with van der Waals surface area (Å²) in [7, 11) is 0. The van der Waals surface area contributed by atoms with Crippen LogP contribution in [0.4, 0.5) is 0 Å². The molecule has 1 fully saturated rings. The van der Waals surface area contributed by atoms with E-state index >= 15 is 0 Å². The maximum atomic E-state index is 12.2. The van der Waals surface area contributed by atoms with Crippen LogP contribution >= 0.6 is 0 Å². The summed E-state index contributed by atoms with van der Waals surface area (Å²) in [5.74, 6) is -1.93. The molecule has 4 heteroatoms. The van der Waals surface area contributed by atoms with E-state index in [0.717, 1.165) is 12.8 Å². The van der Waals surface area contributed by atoms with Crippen LogP contribution < -0.4 is 5.32 Å². The summed E-state index contributed by atoms with van der Waals surface area (Å²) in [6.07, 6.45) is 9.55. The minimum Gasteiger partial charge on any atom is -0.481 e. The van der Waals surface area contributed by atoms with E-state index < -0.39 is 17.8 Å². The number of aliphatic carboxylic acids is 1. The monoisotopic (exact) mass is 265 g/mol. The summed E-state index contributed by atoms with van der Waals surface area (Å²) in [4.78, 5) is 23.4. The molecule has 0 aromatic carbocycles. The van der Waals surface area contributed by atoms with Gasteiger partial charge in [0.15, 0.2) is 0 Å². The molecule has 0 bridgehead atoms. The van der Waals surface area contributed by atoms with Crippen LogP contribution in [0.5, 0.6) is 0 Å². The van der Waals surface area contributed by atoms with Crippen LogP contribution in [0.1, 0.15) is 45.4 Å². The van der Waals surface area contributed by atoms with Crippen molar-refractivity contribution in [2.75, 3.05) is 6.54 Å². The molecule has 106 valence electrons. The van der Waals surface area contributed by atoms with Gasteiger partial charge >= 0.3 is 5.97 Å². The van der Waals surface area contributed by atoms with E-state index in [1.54, 1.807) is 0 Å². The first-order chi connectivity index (χ1) is 9.02. The first kappa shape index (κ1) is 14.1. The zero-order valence-corrected chi connectivity index (χ0v) is 11.5. The Labute approximate surface area is 114 Å². The number of carboxylic acids is 1. The Morgan fingerprint density at radius 2 is 1.79 bits per heavy atom. The fraction of sp³-hybridized carbons (Fsp3) is 0.733. The van der Waals surface area contributed by atoms with Crippen LogP contribution in [-0.4, -0.2) is 23.5 Å². The predicted molar refractivity (Wildman–Crippen MR) is 72.6 cm³/mol. The Balaban J connectivity index is 1.91. The van der Waals surface area contributed by atoms with Gasteiger partial charge in [0, 0.05) is 6.54 Å². The standard InChI is InChI=1S/C15H23NO3/c1-15(8-4-5-9-15)10-16-13(17)11-6-2-3-7-12(11)14(18)19/h2-3,11-12H,4-10H2,1H3,(H,16,17)(H,18,19). The Bertz CT molecular complexity index is 383. The van der Waals surface area contributed by atoms with Gasteiger partial charge in [0.2, 0.25) is 5.91 Å². The molecule has 0 heterocycles. The molecule has 0 aromatic rings. The number of carboxylic acid groups (broad SMARTS) is 1. The maximum Gasteiger partial charge on any atom is 0.307 e. The van der Waals surface area contributed by atoms with Crippen LogP contribution in [0, 0.1) is 17.3 Å². The average molecular weight is 265 g/mol. The molecule has 2 unspecified atom stereocenters. The summed E-state index contributed by atoms with van der Waals surface area (Å²) < 4.78 is 0. The normalized spacial score (nSPS) is 29.1. The molecule has 0 spiro atoms. The number of allylic oxidation sites excluding steroid dienone is 2. The highest BCUT2D eigenvalue weighted by Gasteiger charge is 2.35. The molecule has 0 aliphatic heterocycles. The van der Waals surface area contributed by atoms with E-state index in [2.05, 4.69) is 12.2 Å². The van der Waals surface area contributed by atoms with Crippen LogP contribution in [-0.2, 0) is 9.59 Å². The summed E-state index contributed by atoms with van der Waals surface area (Å²) in [5.41, 5.74) is 0.207. The van der Waals surface area contributed by atoms with Crippen LogP contribution in [0.2, 0.25) is 0 Å². The molecule has 1 amide bonds. The third-order valence-corrected chi connectivity index (χ3v) is 4.59. The van der Waals surface area contributed by atoms with Gasteiger partial charge in [0.1, 0.15) is 0 Å². The number of hydrogen-bond acceptors (Lipinski definition) is 2. The highest BCUT2D eigenvalue weighted by atomic mass is 16.4. The van der Waals surface area contributed by atoms with E-state index in [1.165, 1.54) is 12.8 Å². The SMILES string of the molecule is CC1(CNC(=O)C2CC=CCC2C(=O)O)CCCC1. The quantitative estimate of drug-likeness (QED) is 0.767. The smallest absolute Gasteiger partial charge is 0.307 e. The summed E-state index contributed by atoms with van der Waals surface area (Å²) in [6, 6.07) is 0. The third-order valence-electron chi connectivity index (χ3n) is 4.59. The molecular formula is C15H23NO3. The Kier molecular flexibility index (Phi) is 4.27. The highest BCUT2D eigenvalue weighted by molar-refractivity contribution is 5.85. The second-order valence-electron chi connectivity index (χ2n) is 6.23. The number of amides is 1. The van der Waals surface area contributed by atoms with E-state index in [1.807, 2.05) is 12.2 Å². The highest BCUT2D eigenvalue weighted by Crippen LogP contribution is 2.37. The number of hydrogen-bond donors (Lipinski definition) is 2. The Morgan fingerprint density at radius 3 is 2.37 bits per heavy atom. The summed E-state index contributed by atoms with van der Waals surface area (Å²) in [5, 5.41) is 12.2. The topological polar surface area (TPSA) is 66.4 Å². The van der Waals surface area contributed by atoms with Crippen molar-refractivity contribution in [2.45, 2.75) is 45.4 Å². The zero-order chi connectivity index (χ0) is 13.9. The van der Waals surface area contributed by atoms with Gasteiger partial charge in [-0.1, -0.05) is 31.9 Å². The van der Waals surface area contributed by atoms with E-state index in [0.29, 0.717) is 19.4 Å². The molecule has 2 aliphatic carbocycles. The van der Waals surface area contributed by atoms with E-state index in [-0.39, 0.29) is 11.3 Å². The minimum atomic E-state index is -0.864. The first-order valence-electron chi connectivity index (χ1n) is 7.17. The van der Waals surface area contributed by atoms with Gasteiger partial charge in [0.25, 0.3) is 0 Å². The molecular weight excluding hydrogens is 242 g/mol. The number of carbonyl (C=O) groups excluding carboxylic acids is 1. The van der Waals surface area contributed by atoms with Crippen LogP contribution in [0.3, 0.4) is 0 Å². The third kappa shape index (κ3) is 3.37. The fourth-order valence-electron chi connectivity index (χ4n) is 3.21. The van der Waals surface area contributed by atoms with Crippen molar-refractivity contribution in [3.63, 3.8) is 0 Å². The molecule has 2 N–H and O–H groups in total. The van der Waals surface area contributed by atoms with Crippen molar-refractivity contribution in [2.24, 2.45) is 17.3 Å². The second-order valence-corrected chi connectivity index (χ2v) is 6.23. The van der Waals surface area contributed by atoms with Crippen molar-refractivity contribution in [3.8, 4) is 0 Å². The van der Waals surface area contributed by atoms with Gasteiger partial charge in [-0.2, -0.15) is 0 Å². The zero-order valence-electron chi connectivity index (χ0n) is 11.5. The lowest BCUT2D eigenvalue weighted by Crippen LogP contribution is -2.42. The summed E-state index contributed by atoms with van der Waals surface area (Å²) in [6.45, 7) is 2.88. The lowest BCUT2D eigenvalue weighted by molar-refractivity contribution is -0.147. The molecule has 2 aliphatic rings. The minimum absolute atomic E-state index is 0.0927. The molecule has 2 rings (SSSR count). The lowest BCUT2D eigenvalue weighted by atomic mass is 9.82. The lowest BCUT2D eigenvalue weighted by Gasteiger charge is -2.28. The van der Waals surface area contributed by atoms with Gasteiger partial charge in [-0.3, -0.25) is 9.59 Å². The van der Waals surface area contributed by atoms with Crippen molar-refractivity contribution >= 4 is 11.9 Å². The maximum absolute atomic E-state index is 12.2. The van der Waals surface area contributed by atoms with Crippen LogP contribution in [0.25, 0.3) is 0 Å². The van der Waals surface area contributed by atoms with Gasteiger partial charge in [-0.15, -0.1) is 0 Å². The van der Waals surface area contributed by atoms with Gasteiger partial charge < -0.3 is 10.4 Å². The Morgan fingerprint density at radius 1 is 1.21 bits per heavy atom. The van der Waals surface area contributed by atoms with Gasteiger partial charge in [0.05, 0.1) is 11.8 Å². The van der Waals surface area contributed by atoms with Crippen molar-refractivity contribution in [1.29, 1.82) is 0 Å². The molecule has 0 aromatic heterocycles. The van der Waals surface area contributed by atoms with Gasteiger partial charge in [-0.05, 0) is 31.1 Å². The van der Waals surface area contributed by atoms with E-state index in [9.17, 15) is 14.7 Å². The van der Waals surface area contributed by atoms with Crippen molar-refractivity contribution in [3.05, 3.63) is 12.2 Å². The second kappa shape index (κ2) is 5.76. The van der Waals surface area contributed by atoms with Crippen LogP contribution in [0.15, 0.2) is 12.2 Å². The largest absolute Gasteiger partial charge is 0.481 e. The molecule has 0 saturated heterocycles. The molecule has 0 radical (unpaired) electrons. The molecule has 4 nitrogen and oxygen atoms in total. The number of carbonyl (C=O) groups is 2. The van der Waals surface area contributed by atoms with Gasteiger partial charge in [-0.25, -0.2) is 0 Å². The fourth-order valence-corrected chi connectivity index (χ4v) is 3.21. The van der Waals surface area contributed by atoms with Crippen molar-refractivity contribution < 1.29 is 14.7 Å². The molecule has 2 atom stereocenters. The molecule has 1 saturated carbocycles. The number of rotatable bonds is 4.